The second kappa shape index (κ2) is 19.5. The first kappa shape index (κ1) is 42.7. The maximum atomic E-state index is 14.3. The minimum absolute atomic E-state index is 0.00193. The van der Waals surface area contributed by atoms with E-state index in [1.54, 1.807) is 33.1 Å². The van der Waals surface area contributed by atoms with Gasteiger partial charge in [-0.25, -0.2) is 0 Å². The predicted molar refractivity (Wildman–Crippen MR) is 205 cm³/mol. The zero-order valence-corrected chi connectivity index (χ0v) is 33.6. The van der Waals surface area contributed by atoms with Crippen molar-refractivity contribution >= 4 is 23.6 Å². The minimum atomic E-state index is -0.712. The van der Waals surface area contributed by atoms with Crippen LogP contribution in [0.5, 0.6) is 0 Å². The van der Waals surface area contributed by atoms with E-state index in [9.17, 15) is 24.3 Å². The molecule has 0 radical (unpaired) electrons. The molecule has 0 aromatic heterocycles. The number of ether oxygens (including phenoxy) is 2. The molecular weight excluding hydrogens is 674 g/mol. The number of likely N-dealkylation sites (tertiary alicyclic amines) is 2. The van der Waals surface area contributed by atoms with Gasteiger partial charge in [0.2, 0.25) is 23.6 Å². The summed E-state index contributed by atoms with van der Waals surface area (Å²) in [6.07, 6.45) is 4.80. The van der Waals surface area contributed by atoms with E-state index >= 15 is 0 Å². The molecule has 3 fully saturated rings. The lowest BCUT2D eigenvalue weighted by atomic mass is 9.89. The second-order valence-electron chi connectivity index (χ2n) is 16.2. The molecule has 12 heteroatoms. The van der Waals surface area contributed by atoms with Crippen LogP contribution in [-0.2, 0) is 35.1 Å². The first-order valence-electron chi connectivity index (χ1n) is 19.9. The number of carbonyl (C=O) groups is 4. The number of carbonyl (C=O) groups excluding carboxylic acids is 4. The molecule has 1 saturated carbocycles. The van der Waals surface area contributed by atoms with Gasteiger partial charge in [-0.15, -0.1) is 0 Å². The van der Waals surface area contributed by atoms with E-state index in [0.29, 0.717) is 31.3 Å². The number of hydrogen-bond acceptors (Lipinski definition) is 8. The molecule has 4 rings (SSSR count). The summed E-state index contributed by atoms with van der Waals surface area (Å²) >= 11 is 0. The maximum Gasteiger partial charge on any atom is 0.245 e. The molecule has 2 aliphatic heterocycles. The normalized spacial score (nSPS) is 25.4. The van der Waals surface area contributed by atoms with Gasteiger partial charge >= 0.3 is 0 Å². The van der Waals surface area contributed by atoms with Crippen molar-refractivity contribution in [2.45, 2.75) is 134 Å². The van der Waals surface area contributed by atoms with Gasteiger partial charge in [-0.1, -0.05) is 71.4 Å². The number of fused-ring (bicyclic) bond motifs is 2. The summed E-state index contributed by atoms with van der Waals surface area (Å²) in [5.41, 5.74) is 1.01. The quantitative estimate of drug-likeness (QED) is 0.197. The SMILES string of the molecule is CC[C@H](C)[C@@H]([C@H](CC(=O)N1CCC[C@H]1[C@H](OC)[C@@H](C)C(=O)N[C@H](CO)Cc1ccccc1)OC)N(C)C(=O)[C@@H](NC(=O)[C@@H]1[C@H]2CC[C@H](C2)N1C)C(C)C. The van der Waals surface area contributed by atoms with E-state index in [4.69, 9.17) is 9.47 Å². The van der Waals surface area contributed by atoms with Crippen LogP contribution in [0.15, 0.2) is 30.3 Å². The molecule has 3 aliphatic rings. The van der Waals surface area contributed by atoms with Crippen molar-refractivity contribution in [3.8, 4) is 0 Å². The Morgan fingerprint density at radius 3 is 2.26 bits per heavy atom. The molecule has 2 saturated heterocycles. The fourth-order valence-corrected chi connectivity index (χ4v) is 9.28. The van der Waals surface area contributed by atoms with Crippen LogP contribution >= 0.6 is 0 Å². The Morgan fingerprint density at radius 2 is 1.70 bits per heavy atom. The van der Waals surface area contributed by atoms with Gasteiger partial charge in [-0.05, 0) is 68.9 Å². The highest BCUT2D eigenvalue weighted by Gasteiger charge is 2.48. The van der Waals surface area contributed by atoms with Gasteiger partial charge in [0.25, 0.3) is 0 Å². The molecule has 11 atom stereocenters. The Bertz CT molecular complexity index is 1360. The molecule has 53 heavy (non-hydrogen) atoms. The number of aliphatic hydroxyl groups is 1. The molecule has 0 unspecified atom stereocenters. The van der Waals surface area contributed by atoms with Crippen molar-refractivity contribution in [2.75, 3.05) is 41.5 Å². The first-order valence-corrected chi connectivity index (χ1v) is 19.9. The lowest BCUT2D eigenvalue weighted by molar-refractivity contribution is -0.148. The molecule has 1 aromatic carbocycles. The molecule has 4 amide bonds. The summed E-state index contributed by atoms with van der Waals surface area (Å²) in [6, 6.07) is 8.02. The molecule has 1 aromatic rings. The lowest BCUT2D eigenvalue weighted by Crippen LogP contribution is -2.60. The molecule has 12 nitrogen and oxygen atoms in total. The van der Waals surface area contributed by atoms with Crippen molar-refractivity contribution in [2.24, 2.45) is 23.7 Å². The maximum absolute atomic E-state index is 14.3. The van der Waals surface area contributed by atoms with Gasteiger partial charge < -0.3 is 35.0 Å². The molecule has 2 heterocycles. The zero-order valence-electron chi connectivity index (χ0n) is 33.6. The number of likely N-dealkylation sites (N-methyl/N-ethyl adjacent to an activating group) is 2. The minimum Gasteiger partial charge on any atom is -0.394 e. The van der Waals surface area contributed by atoms with Crippen LogP contribution < -0.4 is 10.6 Å². The van der Waals surface area contributed by atoms with Crippen molar-refractivity contribution in [1.82, 2.24) is 25.3 Å². The molecule has 1 aliphatic carbocycles. The Balaban J connectivity index is 1.44. The van der Waals surface area contributed by atoms with Crippen LogP contribution in [0.4, 0.5) is 0 Å². The number of nitrogens with zero attached hydrogens (tertiary/aromatic N) is 3. The van der Waals surface area contributed by atoms with Gasteiger partial charge in [0.15, 0.2) is 0 Å². The number of piperidine rings is 1. The summed E-state index contributed by atoms with van der Waals surface area (Å²) in [5.74, 6) is -1.03. The monoisotopic (exact) mass is 742 g/mol. The third kappa shape index (κ3) is 9.98. The summed E-state index contributed by atoms with van der Waals surface area (Å²) < 4.78 is 12.0. The number of amides is 4. The van der Waals surface area contributed by atoms with Gasteiger partial charge in [0.05, 0.1) is 55.3 Å². The van der Waals surface area contributed by atoms with E-state index in [-0.39, 0.29) is 60.6 Å². The number of hydrogen-bond donors (Lipinski definition) is 3. The summed E-state index contributed by atoms with van der Waals surface area (Å²) in [4.78, 5) is 61.3. The van der Waals surface area contributed by atoms with E-state index in [0.717, 1.165) is 37.7 Å². The first-order chi connectivity index (χ1) is 25.3. The smallest absolute Gasteiger partial charge is 0.245 e. The molecular formula is C41H67N5O7. The Morgan fingerprint density at radius 1 is 1.00 bits per heavy atom. The van der Waals surface area contributed by atoms with Crippen molar-refractivity contribution in [3.05, 3.63) is 35.9 Å². The molecule has 2 bridgehead atoms. The third-order valence-electron chi connectivity index (χ3n) is 12.6. The highest BCUT2D eigenvalue weighted by Crippen LogP contribution is 2.41. The van der Waals surface area contributed by atoms with E-state index in [2.05, 4.69) is 29.4 Å². The van der Waals surface area contributed by atoms with E-state index in [1.807, 2.05) is 56.1 Å². The summed E-state index contributed by atoms with van der Waals surface area (Å²) in [5, 5.41) is 16.2. The molecule has 0 spiro atoms. The van der Waals surface area contributed by atoms with E-state index in [1.165, 1.54) is 0 Å². The van der Waals surface area contributed by atoms with Gasteiger partial charge in [-0.3, -0.25) is 24.1 Å². The van der Waals surface area contributed by atoms with Gasteiger partial charge in [0, 0.05) is 33.9 Å². The number of aliphatic hydroxyl groups excluding tert-OH is 1. The topological polar surface area (TPSA) is 141 Å². The van der Waals surface area contributed by atoms with Crippen LogP contribution in [0.1, 0.15) is 85.1 Å². The number of nitrogens with one attached hydrogen (secondary N) is 2. The average Bonchev–Trinajstić information content (AvgIpc) is 3.90. The third-order valence-corrected chi connectivity index (χ3v) is 12.6. The largest absolute Gasteiger partial charge is 0.394 e. The van der Waals surface area contributed by atoms with Crippen molar-refractivity contribution in [1.29, 1.82) is 0 Å². The fourth-order valence-electron chi connectivity index (χ4n) is 9.28. The highest BCUT2D eigenvalue weighted by atomic mass is 16.5. The van der Waals surface area contributed by atoms with Crippen molar-refractivity contribution in [3.63, 3.8) is 0 Å². The lowest BCUT2D eigenvalue weighted by Gasteiger charge is -2.41. The van der Waals surface area contributed by atoms with Crippen molar-refractivity contribution < 1.29 is 33.8 Å². The summed E-state index contributed by atoms with van der Waals surface area (Å²) in [6.45, 7) is 10.2. The summed E-state index contributed by atoms with van der Waals surface area (Å²) in [7, 11) is 6.93. The second-order valence-corrected chi connectivity index (χ2v) is 16.2. The van der Waals surface area contributed by atoms with Crippen LogP contribution in [0.3, 0.4) is 0 Å². The van der Waals surface area contributed by atoms with Crippen LogP contribution in [0.25, 0.3) is 0 Å². The molecule has 3 N–H and O–H groups in total. The Kier molecular flexibility index (Phi) is 15.7. The van der Waals surface area contributed by atoms with Crippen LogP contribution in [0.2, 0.25) is 0 Å². The van der Waals surface area contributed by atoms with Gasteiger partial charge in [0.1, 0.15) is 6.04 Å². The standard InChI is InChI=1S/C41H67N5O7/c1-10-26(4)36(45(7)41(51)35(25(2)3)43-40(50)37-29-18-19-31(22-29)44(37)6)33(52-8)23-34(48)46-20-14-17-32(46)38(53-9)27(5)39(49)42-30(24-47)21-28-15-12-11-13-16-28/h11-13,15-16,25-27,29-33,35-38,47H,10,14,17-24H2,1-9H3,(H,42,49)(H,43,50)/t26-,27+,29-,30-,31+,32-,33-,35-,36-,37-,38+/m0/s1. The van der Waals surface area contributed by atoms with Crippen LogP contribution in [-0.4, -0.2) is 133 Å². The zero-order chi connectivity index (χ0) is 39.0. The Labute approximate surface area is 317 Å². The number of rotatable bonds is 19. The predicted octanol–water partition coefficient (Wildman–Crippen LogP) is 3.25. The fraction of sp³-hybridized carbons (Fsp3) is 0.756. The number of benzene rings is 1. The van der Waals surface area contributed by atoms with Gasteiger partial charge in [-0.2, -0.15) is 0 Å². The van der Waals surface area contributed by atoms with E-state index < -0.39 is 36.3 Å². The highest BCUT2D eigenvalue weighted by molar-refractivity contribution is 5.90. The average molecular weight is 742 g/mol. The Hall–Kier alpha value is -3.06. The number of methoxy groups -OCH3 is 2. The molecule has 298 valence electrons. The van der Waals surface area contributed by atoms with Crippen LogP contribution in [0, 0.1) is 23.7 Å².